The van der Waals surface area contributed by atoms with E-state index in [2.05, 4.69) is 0 Å². The second-order valence-corrected chi connectivity index (χ2v) is 3.05. The molecule has 0 aromatic heterocycles. The second-order valence-electron chi connectivity index (χ2n) is 3.05. The van der Waals surface area contributed by atoms with Gasteiger partial charge in [-0.1, -0.05) is 24.3 Å². The Hall–Kier alpha value is -1.33. The van der Waals surface area contributed by atoms with Gasteiger partial charge < -0.3 is 14.8 Å². The monoisotopic (exact) mass is 208 g/mol. The molecule has 1 aromatic carbocycles. The van der Waals surface area contributed by atoms with E-state index in [0.29, 0.717) is 17.6 Å². The lowest BCUT2D eigenvalue weighted by molar-refractivity contribution is -0.142. The highest BCUT2D eigenvalue weighted by atomic mass is 16.5. The van der Waals surface area contributed by atoms with Crippen LogP contribution < -0.4 is 5.46 Å². The van der Waals surface area contributed by atoms with Gasteiger partial charge in [0, 0.05) is 0 Å². The summed E-state index contributed by atoms with van der Waals surface area (Å²) >= 11 is 0. The van der Waals surface area contributed by atoms with Crippen molar-refractivity contribution in [3.05, 3.63) is 29.8 Å². The summed E-state index contributed by atoms with van der Waals surface area (Å²) in [5, 5.41) is 18.1. The Morgan fingerprint density at radius 1 is 1.40 bits per heavy atom. The summed E-state index contributed by atoms with van der Waals surface area (Å²) in [5.74, 6) is -0.370. The average Bonchev–Trinajstić information content (AvgIpc) is 2.18. The number of hydrogen-bond donors (Lipinski definition) is 2. The minimum Gasteiger partial charge on any atom is -0.466 e. The van der Waals surface area contributed by atoms with Crippen molar-refractivity contribution in [2.75, 3.05) is 6.61 Å². The topological polar surface area (TPSA) is 66.8 Å². The normalized spacial score (nSPS) is 9.80. The molecule has 0 radical (unpaired) electrons. The van der Waals surface area contributed by atoms with E-state index >= 15 is 0 Å². The minimum absolute atomic E-state index is 0.0572. The van der Waals surface area contributed by atoms with Gasteiger partial charge in [0.25, 0.3) is 0 Å². The maximum absolute atomic E-state index is 11.2. The molecule has 0 fully saturated rings. The van der Waals surface area contributed by atoms with E-state index in [4.69, 9.17) is 14.8 Å². The number of hydrogen-bond acceptors (Lipinski definition) is 4. The highest BCUT2D eigenvalue weighted by molar-refractivity contribution is 6.59. The molecule has 0 bridgehead atoms. The summed E-state index contributed by atoms with van der Waals surface area (Å²) < 4.78 is 4.78. The Kier molecular flexibility index (Phi) is 4.33. The summed E-state index contributed by atoms with van der Waals surface area (Å²) in [6.07, 6.45) is 0.0572. The number of carbonyl (C=O) groups excluding carboxylic acids is 1. The van der Waals surface area contributed by atoms with Crippen molar-refractivity contribution in [3.8, 4) is 0 Å². The molecule has 0 saturated heterocycles. The van der Waals surface area contributed by atoms with Gasteiger partial charge >= 0.3 is 13.1 Å². The quantitative estimate of drug-likeness (QED) is 0.515. The van der Waals surface area contributed by atoms with Gasteiger partial charge in [-0.25, -0.2) is 0 Å². The first-order valence-corrected chi connectivity index (χ1v) is 4.74. The summed E-state index contributed by atoms with van der Waals surface area (Å²) in [4.78, 5) is 11.2. The van der Waals surface area contributed by atoms with Gasteiger partial charge in [-0.3, -0.25) is 4.79 Å². The maximum atomic E-state index is 11.2. The lowest BCUT2D eigenvalue weighted by Gasteiger charge is -2.07. The molecule has 0 unspecified atom stereocenters. The predicted molar refractivity (Wildman–Crippen MR) is 56.6 cm³/mol. The third kappa shape index (κ3) is 3.38. The van der Waals surface area contributed by atoms with Gasteiger partial charge in [-0.15, -0.1) is 0 Å². The van der Waals surface area contributed by atoms with Crippen LogP contribution in [-0.2, 0) is 16.0 Å². The van der Waals surface area contributed by atoms with Crippen molar-refractivity contribution in [1.29, 1.82) is 0 Å². The van der Waals surface area contributed by atoms with E-state index in [1.165, 1.54) is 0 Å². The summed E-state index contributed by atoms with van der Waals surface area (Å²) in [6.45, 7) is 2.05. The zero-order valence-electron chi connectivity index (χ0n) is 8.51. The van der Waals surface area contributed by atoms with Gasteiger partial charge in [0.05, 0.1) is 13.0 Å². The number of carbonyl (C=O) groups is 1. The highest BCUT2D eigenvalue weighted by Crippen LogP contribution is 2.00. The number of ether oxygens (including phenoxy) is 1. The third-order valence-electron chi connectivity index (χ3n) is 1.97. The molecule has 5 heteroatoms. The van der Waals surface area contributed by atoms with Crippen molar-refractivity contribution < 1.29 is 19.6 Å². The number of esters is 1. The fourth-order valence-electron chi connectivity index (χ4n) is 1.31. The minimum atomic E-state index is -1.56. The van der Waals surface area contributed by atoms with Crippen LogP contribution in [0.3, 0.4) is 0 Å². The summed E-state index contributed by atoms with van der Waals surface area (Å²) in [7, 11) is -1.56. The average molecular weight is 208 g/mol. The van der Waals surface area contributed by atoms with E-state index in [-0.39, 0.29) is 12.4 Å². The lowest BCUT2D eigenvalue weighted by Crippen LogP contribution is -2.33. The van der Waals surface area contributed by atoms with Gasteiger partial charge in [-0.2, -0.15) is 0 Å². The molecular weight excluding hydrogens is 195 g/mol. The summed E-state index contributed by atoms with van der Waals surface area (Å²) in [5.41, 5.74) is 0.913. The first kappa shape index (κ1) is 11.7. The molecule has 2 N–H and O–H groups in total. The van der Waals surface area contributed by atoms with Crippen molar-refractivity contribution in [3.63, 3.8) is 0 Å². The largest absolute Gasteiger partial charge is 0.488 e. The van der Waals surface area contributed by atoms with Gasteiger partial charge in [0.2, 0.25) is 0 Å². The Morgan fingerprint density at radius 3 is 2.67 bits per heavy atom. The van der Waals surface area contributed by atoms with Crippen molar-refractivity contribution in [2.45, 2.75) is 13.3 Å². The van der Waals surface area contributed by atoms with Gasteiger partial charge in [0.1, 0.15) is 0 Å². The zero-order chi connectivity index (χ0) is 11.3. The van der Waals surface area contributed by atoms with Crippen molar-refractivity contribution in [2.24, 2.45) is 0 Å². The van der Waals surface area contributed by atoms with Crippen LogP contribution in [-0.4, -0.2) is 29.7 Å². The van der Waals surface area contributed by atoms with Crippen LogP contribution in [0.1, 0.15) is 12.5 Å². The van der Waals surface area contributed by atoms with Crippen LogP contribution in [0.2, 0.25) is 0 Å². The molecule has 80 valence electrons. The van der Waals surface area contributed by atoms with Crippen LogP contribution in [0, 0.1) is 0 Å². The predicted octanol–water partition coefficient (Wildman–Crippen LogP) is -0.528. The molecular formula is C10H13BO4. The standard InChI is InChI=1S/C10H13BO4/c1-2-15-10(12)7-8-5-3-4-6-9(8)11(13)14/h3-6,13-14H,2,7H2,1H3. The van der Waals surface area contributed by atoms with Gasteiger partial charge in [-0.05, 0) is 17.9 Å². The Balaban J connectivity index is 2.80. The summed E-state index contributed by atoms with van der Waals surface area (Å²) in [6, 6.07) is 6.66. The fraction of sp³-hybridized carbons (Fsp3) is 0.300. The zero-order valence-corrected chi connectivity index (χ0v) is 8.51. The third-order valence-corrected chi connectivity index (χ3v) is 1.97. The Bertz CT molecular complexity index is 338. The molecule has 0 aliphatic heterocycles. The second kappa shape index (κ2) is 5.53. The van der Waals surface area contributed by atoms with Gasteiger partial charge in [0.15, 0.2) is 0 Å². The first-order valence-electron chi connectivity index (χ1n) is 4.74. The Labute approximate surface area is 88.6 Å². The van der Waals surface area contributed by atoms with E-state index in [9.17, 15) is 4.79 Å². The molecule has 0 heterocycles. The molecule has 4 nitrogen and oxygen atoms in total. The molecule has 0 aliphatic rings. The van der Waals surface area contributed by atoms with Crippen molar-refractivity contribution >= 4 is 18.6 Å². The number of benzene rings is 1. The van der Waals surface area contributed by atoms with Crippen LogP contribution in [0.15, 0.2) is 24.3 Å². The van der Waals surface area contributed by atoms with Crippen LogP contribution in [0.5, 0.6) is 0 Å². The maximum Gasteiger partial charge on any atom is 0.488 e. The van der Waals surface area contributed by atoms with E-state index in [1.807, 2.05) is 0 Å². The first-order chi connectivity index (χ1) is 7.15. The Morgan fingerprint density at radius 2 is 2.07 bits per heavy atom. The molecule has 0 atom stereocenters. The van der Waals surface area contributed by atoms with Crippen LogP contribution in [0.25, 0.3) is 0 Å². The highest BCUT2D eigenvalue weighted by Gasteiger charge is 2.17. The molecule has 0 saturated carbocycles. The lowest BCUT2D eigenvalue weighted by atomic mass is 9.76. The van der Waals surface area contributed by atoms with Crippen molar-refractivity contribution in [1.82, 2.24) is 0 Å². The molecule has 0 spiro atoms. The molecule has 15 heavy (non-hydrogen) atoms. The van der Waals surface area contributed by atoms with E-state index in [0.717, 1.165) is 0 Å². The molecule has 1 rings (SSSR count). The smallest absolute Gasteiger partial charge is 0.466 e. The molecule has 0 aliphatic carbocycles. The van der Waals surface area contributed by atoms with E-state index in [1.54, 1.807) is 31.2 Å². The van der Waals surface area contributed by atoms with E-state index < -0.39 is 7.12 Å². The van der Waals surface area contributed by atoms with Crippen LogP contribution in [0.4, 0.5) is 0 Å². The van der Waals surface area contributed by atoms with Crippen LogP contribution >= 0.6 is 0 Å². The SMILES string of the molecule is CCOC(=O)Cc1ccccc1B(O)O. The molecule has 1 aromatic rings. The molecule has 0 amide bonds. The number of rotatable bonds is 4. The fourth-order valence-corrected chi connectivity index (χ4v) is 1.31.